The molecular formula is C15H8BrF3N2. The highest BCUT2D eigenvalue weighted by molar-refractivity contribution is 9.10. The zero-order valence-corrected chi connectivity index (χ0v) is 12.1. The van der Waals surface area contributed by atoms with Gasteiger partial charge in [-0.15, -0.1) is 0 Å². The summed E-state index contributed by atoms with van der Waals surface area (Å²) in [7, 11) is 0. The van der Waals surface area contributed by atoms with Crippen LogP contribution in [0.3, 0.4) is 0 Å². The van der Waals surface area contributed by atoms with Crippen molar-refractivity contribution < 1.29 is 13.2 Å². The third kappa shape index (κ3) is 2.76. The first-order valence-corrected chi connectivity index (χ1v) is 6.84. The van der Waals surface area contributed by atoms with E-state index in [-0.39, 0.29) is 0 Å². The number of hydrogen-bond donors (Lipinski definition) is 0. The van der Waals surface area contributed by atoms with Crippen molar-refractivity contribution in [3.8, 4) is 11.3 Å². The number of alkyl halides is 3. The molecule has 2 aromatic carbocycles. The summed E-state index contributed by atoms with van der Waals surface area (Å²) >= 11 is 3.22. The lowest BCUT2D eigenvalue weighted by atomic mass is 10.0. The SMILES string of the molecule is FC(F)(F)c1ccc(-c2nc(Br)nc3ccccc23)cc1. The van der Waals surface area contributed by atoms with Gasteiger partial charge in [-0.3, -0.25) is 0 Å². The van der Waals surface area contributed by atoms with E-state index in [1.165, 1.54) is 12.1 Å². The molecule has 0 saturated heterocycles. The van der Waals surface area contributed by atoms with Crippen molar-refractivity contribution >= 4 is 26.8 Å². The molecule has 3 aromatic rings. The minimum absolute atomic E-state index is 0.399. The Morgan fingerprint density at radius 3 is 2.19 bits per heavy atom. The number of hydrogen-bond acceptors (Lipinski definition) is 2. The summed E-state index contributed by atoms with van der Waals surface area (Å²) in [6.07, 6.45) is -4.34. The molecule has 106 valence electrons. The second-order valence-electron chi connectivity index (χ2n) is 4.43. The fraction of sp³-hybridized carbons (Fsp3) is 0.0667. The van der Waals surface area contributed by atoms with Crippen LogP contribution >= 0.6 is 15.9 Å². The maximum atomic E-state index is 12.6. The van der Waals surface area contributed by atoms with Gasteiger partial charge in [-0.05, 0) is 34.1 Å². The molecule has 0 fully saturated rings. The Hall–Kier alpha value is -1.95. The van der Waals surface area contributed by atoms with Gasteiger partial charge in [-0.2, -0.15) is 13.2 Å². The Morgan fingerprint density at radius 2 is 1.52 bits per heavy atom. The van der Waals surface area contributed by atoms with Crippen molar-refractivity contribution in [3.05, 3.63) is 58.8 Å². The van der Waals surface area contributed by atoms with Gasteiger partial charge in [0.2, 0.25) is 0 Å². The number of para-hydroxylation sites is 1. The Labute approximate surface area is 126 Å². The van der Waals surface area contributed by atoms with Crippen LogP contribution in [0.5, 0.6) is 0 Å². The van der Waals surface area contributed by atoms with Crippen LogP contribution in [0.1, 0.15) is 5.56 Å². The highest BCUT2D eigenvalue weighted by Gasteiger charge is 2.30. The first kappa shape index (κ1) is 14.0. The van der Waals surface area contributed by atoms with Crippen LogP contribution in [0.15, 0.2) is 53.3 Å². The van der Waals surface area contributed by atoms with E-state index in [1.54, 1.807) is 0 Å². The highest BCUT2D eigenvalue weighted by Crippen LogP contribution is 2.32. The summed E-state index contributed by atoms with van der Waals surface area (Å²) < 4.78 is 38.2. The molecule has 0 bridgehead atoms. The number of benzene rings is 2. The third-order valence-electron chi connectivity index (χ3n) is 3.06. The number of nitrogens with zero attached hydrogens (tertiary/aromatic N) is 2. The zero-order chi connectivity index (χ0) is 15.0. The molecule has 0 N–H and O–H groups in total. The maximum absolute atomic E-state index is 12.6. The number of aromatic nitrogens is 2. The molecule has 0 spiro atoms. The topological polar surface area (TPSA) is 25.8 Å². The highest BCUT2D eigenvalue weighted by atomic mass is 79.9. The van der Waals surface area contributed by atoms with Gasteiger partial charge < -0.3 is 0 Å². The van der Waals surface area contributed by atoms with Crippen molar-refractivity contribution in [2.24, 2.45) is 0 Å². The average molecular weight is 353 g/mol. The molecule has 1 heterocycles. The molecule has 1 aromatic heterocycles. The molecule has 0 aliphatic carbocycles. The van der Waals surface area contributed by atoms with Gasteiger partial charge in [0, 0.05) is 10.9 Å². The van der Waals surface area contributed by atoms with E-state index in [4.69, 9.17) is 0 Å². The Kier molecular flexibility index (Phi) is 3.41. The summed E-state index contributed by atoms with van der Waals surface area (Å²) in [4.78, 5) is 8.53. The summed E-state index contributed by atoms with van der Waals surface area (Å²) in [5.74, 6) is 0. The van der Waals surface area contributed by atoms with Gasteiger partial charge in [0.25, 0.3) is 0 Å². The smallest absolute Gasteiger partial charge is 0.222 e. The molecule has 0 unspecified atom stereocenters. The summed E-state index contributed by atoms with van der Waals surface area (Å²) in [5, 5.41) is 0.792. The molecule has 0 atom stereocenters. The van der Waals surface area contributed by atoms with Crippen LogP contribution in [0.4, 0.5) is 13.2 Å². The molecule has 0 aliphatic heterocycles. The van der Waals surface area contributed by atoms with E-state index >= 15 is 0 Å². The summed E-state index contributed by atoms with van der Waals surface area (Å²) in [5.41, 5.74) is 1.27. The Morgan fingerprint density at radius 1 is 0.857 bits per heavy atom. The largest absolute Gasteiger partial charge is 0.416 e. The monoisotopic (exact) mass is 352 g/mol. The second-order valence-corrected chi connectivity index (χ2v) is 5.14. The minimum Gasteiger partial charge on any atom is -0.222 e. The van der Waals surface area contributed by atoms with Gasteiger partial charge >= 0.3 is 6.18 Å². The molecule has 3 rings (SSSR count). The van der Waals surface area contributed by atoms with Crippen molar-refractivity contribution in [2.75, 3.05) is 0 Å². The number of rotatable bonds is 1. The van der Waals surface area contributed by atoms with E-state index in [2.05, 4.69) is 25.9 Å². The third-order valence-corrected chi connectivity index (χ3v) is 3.42. The fourth-order valence-electron chi connectivity index (χ4n) is 2.09. The molecule has 6 heteroatoms. The molecule has 0 aliphatic rings. The van der Waals surface area contributed by atoms with E-state index in [9.17, 15) is 13.2 Å². The van der Waals surface area contributed by atoms with Crippen LogP contribution in [0.25, 0.3) is 22.2 Å². The Bertz CT molecular complexity index is 798. The normalized spacial score (nSPS) is 11.8. The van der Waals surface area contributed by atoms with Crippen LogP contribution in [0.2, 0.25) is 0 Å². The van der Waals surface area contributed by atoms with Crippen molar-refractivity contribution in [1.82, 2.24) is 9.97 Å². The standard InChI is InChI=1S/C15H8BrF3N2/c16-14-20-12-4-2-1-3-11(12)13(21-14)9-5-7-10(8-6-9)15(17,18)19/h1-8H. The summed E-state index contributed by atoms with van der Waals surface area (Å²) in [6, 6.07) is 12.3. The van der Waals surface area contributed by atoms with E-state index in [0.29, 0.717) is 16.0 Å². The Balaban J connectivity index is 2.16. The van der Waals surface area contributed by atoms with E-state index < -0.39 is 11.7 Å². The second kappa shape index (κ2) is 5.11. The minimum atomic E-state index is -4.34. The van der Waals surface area contributed by atoms with Gasteiger partial charge in [-0.25, -0.2) is 9.97 Å². The van der Waals surface area contributed by atoms with Gasteiger partial charge in [-0.1, -0.05) is 30.3 Å². The number of fused-ring (bicyclic) bond motifs is 1. The molecular weight excluding hydrogens is 345 g/mol. The molecule has 0 radical (unpaired) electrons. The van der Waals surface area contributed by atoms with Gasteiger partial charge in [0.05, 0.1) is 16.8 Å². The van der Waals surface area contributed by atoms with Gasteiger partial charge in [0.15, 0.2) is 4.73 Å². The predicted molar refractivity (Wildman–Crippen MR) is 77.7 cm³/mol. The molecule has 0 amide bonds. The first-order chi connectivity index (χ1) is 9.95. The quantitative estimate of drug-likeness (QED) is 0.571. The van der Waals surface area contributed by atoms with Crippen molar-refractivity contribution in [3.63, 3.8) is 0 Å². The van der Waals surface area contributed by atoms with Gasteiger partial charge in [0.1, 0.15) is 0 Å². The van der Waals surface area contributed by atoms with Crippen LogP contribution in [-0.2, 0) is 6.18 Å². The first-order valence-electron chi connectivity index (χ1n) is 6.05. The lowest BCUT2D eigenvalue weighted by Gasteiger charge is -2.09. The maximum Gasteiger partial charge on any atom is 0.416 e. The summed E-state index contributed by atoms with van der Waals surface area (Å²) in [6.45, 7) is 0. The van der Waals surface area contributed by atoms with E-state index in [0.717, 1.165) is 23.0 Å². The molecule has 0 saturated carbocycles. The van der Waals surface area contributed by atoms with E-state index in [1.807, 2.05) is 24.3 Å². The predicted octanol–water partition coefficient (Wildman–Crippen LogP) is 5.08. The van der Waals surface area contributed by atoms with Crippen molar-refractivity contribution in [2.45, 2.75) is 6.18 Å². The van der Waals surface area contributed by atoms with Crippen LogP contribution in [-0.4, -0.2) is 9.97 Å². The number of halogens is 4. The van der Waals surface area contributed by atoms with Crippen LogP contribution < -0.4 is 0 Å². The van der Waals surface area contributed by atoms with Crippen molar-refractivity contribution in [1.29, 1.82) is 0 Å². The zero-order valence-electron chi connectivity index (χ0n) is 10.5. The molecule has 2 nitrogen and oxygen atoms in total. The lowest BCUT2D eigenvalue weighted by Crippen LogP contribution is -2.04. The average Bonchev–Trinajstić information content (AvgIpc) is 2.45. The fourth-order valence-corrected chi connectivity index (χ4v) is 2.45. The lowest BCUT2D eigenvalue weighted by molar-refractivity contribution is -0.137. The van der Waals surface area contributed by atoms with Crippen LogP contribution in [0, 0.1) is 0 Å². The molecule has 21 heavy (non-hydrogen) atoms.